The smallest absolute Gasteiger partial charge is 0.326 e. The van der Waals surface area contributed by atoms with Gasteiger partial charge in [-0.25, -0.2) is 4.98 Å². The van der Waals surface area contributed by atoms with Crippen molar-refractivity contribution in [2.75, 3.05) is 6.26 Å². The molecule has 66 valence electrons. The van der Waals surface area contributed by atoms with Crippen LogP contribution in [-0.4, -0.2) is 22.3 Å². The minimum absolute atomic E-state index is 0.428. The number of carbonyl (C=O) groups is 1. The Hall–Kier alpha value is -0.590. The molecule has 0 spiro atoms. The molecule has 0 saturated carbocycles. The molecule has 1 atom stereocenters. The molecule has 0 aliphatic rings. The Morgan fingerprint density at radius 3 is 3.00 bits per heavy atom. The van der Waals surface area contributed by atoms with E-state index in [2.05, 4.69) is 4.98 Å². The molecule has 1 aromatic heterocycles. The number of nitrogens with zero attached hydrogens (tertiary/aromatic N) is 1. The second-order valence-corrected chi connectivity index (χ2v) is 3.97. The monoisotopic (exact) mass is 204 g/mol. The van der Waals surface area contributed by atoms with Crippen molar-refractivity contribution in [3.05, 3.63) is 11.1 Å². The second-order valence-electron chi connectivity index (χ2n) is 2.06. The first kappa shape index (κ1) is 9.50. The maximum Gasteiger partial charge on any atom is 0.326 e. The molecule has 0 amide bonds. The van der Waals surface area contributed by atoms with Crippen molar-refractivity contribution in [2.45, 2.75) is 10.4 Å². The van der Waals surface area contributed by atoms with Crippen LogP contribution in [0.1, 0.15) is 11.7 Å². The van der Waals surface area contributed by atoms with Gasteiger partial charge in [0.05, 0.1) is 5.69 Å². The number of nitrogens with two attached hydrogens (primary N) is 1. The Bertz CT molecular complexity index is 287. The molecular weight excluding hydrogens is 196 g/mol. The first-order chi connectivity index (χ1) is 5.65. The molecule has 4 nitrogen and oxygen atoms in total. The molecule has 6 heteroatoms. The van der Waals surface area contributed by atoms with Crippen LogP contribution < -0.4 is 5.73 Å². The Labute approximate surface area is 77.8 Å². The molecule has 3 N–H and O–H groups in total. The van der Waals surface area contributed by atoms with Crippen LogP contribution in [0.3, 0.4) is 0 Å². The second kappa shape index (κ2) is 3.88. The van der Waals surface area contributed by atoms with Crippen LogP contribution in [0, 0.1) is 0 Å². The quantitative estimate of drug-likeness (QED) is 0.717. The van der Waals surface area contributed by atoms with Crippen molar-refractivity contribution >= 4 is 29.1 Å². The summed E-state index contributed by atoms with van der Waals surface area (Å²) < 4.78 is 0.835. The van der Waals surface area contributed by atoms with Crippen molar-refractivity contribution in [1.82, 2.24) is 4.98 Å². The van der Waals surface area contributed by atoms with Crippen LogP contribution >= 0.6 is 23.1 Å². The highest BCUT2D eigenvalue weighted by molar-refractivity contribution is 8.00. The number of carboxylic acids is 1. The summed E-state index contributed by atoms with van der Waals surface area (Å²) in [6.07, 6.45) is 1.88. The summed E-state index contributed by atoms with van der Waals surface area (Å²) in [4.78, 5) is 14.5. The van der Waals surface area contributed by atoms with Crippen molar-refractivity contribution in [1.29, 1.82) is 0 Å². The molecule has 12 heavy (non-hydrogen) atoms. The van der Waals surface area contributed by atoms with E-state index >= 15 is 0 Å². The predicted octanol–water partition coefficient (Wildman–Crippen LogP) is 0.949. The van der Waals surface area contributed by atoms with Crippen molar-refractivity contribution < 1.29 is 9.90 Å². The van der Waals surface area contributed by atoms with Crippen LogP contribution in [0.15, 0.2) is 9.72 Å². The predicted molar refractivity (Wildman–Crippen MR) is 48.5 cm³/mol. The van der Waals surface area contributed by atoms with Gasteiger partial charge in [0.25, 0.3) is 0 Å². The van der Waals surface area contributed by atoms with Gasteiger partial charge in [-0.2, -0.15) is 0 Å². The van der Waals surface area contributed by atoms with E-state index in [4.69, 9.17) is 10.8 Å². The van der Waals surface area contributed by atoms with Crippen molar-refractivity contribution in [3.8, 4) is 0 Å². The highest BCUT2D eigenvalue weighted by Crippen LogP contribution is 2.22. The Balaban J connectivity index is 2.81. The normalized spacial score (nSPS) is 12.8. The van der Waals surface area contributed by atoms with Gasteiger partial charge in [-0.15, -0.1) is 11.3 Å². The molecular formula is C6H8N2O2S2. The molecule has 0 aliphatic carbocycles. The van der Waals surface area contributed by atoms with Gasteiger partial charge >= 0.3 is 5.97 Å². The fraction of sp³-hybridized carbons (Fsp3) is 0.333. The van der Waals surface area contributed by atoms with Crippen LogP contribution in [0.2, 0.25) is 0 Å². The molecule has 1 heterocycles. The van der Waals surface area contributed by atoms with Gasteiger partial charge in [0.15, 0.2) is 0 Å². The molecule has 1 unspecified atom stereocenters. The maximum absolute atomic E-state index is 10.4. The third-order valence-corrected chi connectivity index (χ3v) is 3.14. The van der Waals surface area contributed by atoms with Crippen LogP contribution in [0.5, 0.6) is 0 Å². The maximum atomic E-state index is 10.4. The zero-order valence-corrected chi connectivity index (χ0v) is 7.98. The van der Waals surface area contributed by atoms with E-state index in [1.54, 1.807) is 5.38 Å². The van der Waals surface area contributed by atoms with E-state index in [9.17, 15) is 4.79 Å². The molecule has 0 bridgehead atoms. The minimum Gasteiger partial charge on any atom is -0.480 e. The summed E-state index contributed by atoms with van der Waals surface area (Å²) >= 11 is 2.88. The Morgan fingerprint density at radius 2 is 2.58 bits per heavy atom. The van der Waals surface area contributed by atoms with E-state index in [1.165, 1.54) is 23.1 Å². The highest BCUT2D eigenvalue weighted by atomic mass is 32.2. The zero-order valence-electron chi connectivity index (χ0n) is 6.35. The van der Waals surface area contributed by atoms with E-state index in [-0.39, 0.29) is 0 Å². The summed E-state index contributed by atoms with van der Waals surface area (Å²) in [5.74, 6) is -1.05. The standard InChI is InChI=1S/C6H8N2O2S2/c1-11-6-8-3(2-12-6)4(7)5(9)10/h2,4H,7H2,1H3,(H,9,10). The average molecular weight is 204 g/mol. The lowest BCUT2D eigenvalue weighted by molar-refractivity contribution is -0.138. The van der Waals surface area contributed by atoms with Crippen molar-refractivity contribution in [3.63, 3.8) is 0 Å². The first-order valence-corrected chi connectivity index (χ1v) is 5.23. The number of carboxylic acid groups (broad SMARTS) is 1. The number of aliphatic carboxylic acids is 1. The number of hydrogen-bond donors (Lipinski definition) is 2. The topological polar surface area (TPSA) is 76.2 Å². The van der Waals surface area contributed by atoms with E-state index < -0.39 is 12.0 Å². The summed E-state index contributed by atoms with van der Waals surface area (Å²) in [5, 5.41) is 10.2. The third kappa shape index (κ3) is 1.96. The number of thiazole rings is 1. The molecule has 0 fully saturated rings. The average Bonchev–Trinajstić information content (AvgIpc) is 2.50. The van der Waals surface area contributed by atoms with Crippen LogP contribution in [0.4, 0.5) is 0 Å². The molecule has 0 aliphatic heterocycles. The molecule has 1 rings (SSSR count). The summed E-state index contributed by atoms with van der Waals surface area (Å²) in [6, 6.07) is -0.998. The molecule has 0 aromatic carbocycles. The fourth-order valence-corrected chi connectivity index (χ4v) is 1.94. The zero-order chi connectivity index (χ0) is 9.14. The van der Waals surface area contributed by atoms with Gasteiger partial charge < -0.3 is 10.8 Å². The Morgan fingerprint density at radius 1 is 1.92 bits per heavy atom. The van der Waals surface area contributed by atoms with Gasteiger partial charge in [-0.05, 0) is 6.26 Å². The lowest BCUT2D eigenvalue weighted by Crippen LogP contribution is -2.20. The highest BCUT2D eigenvalue weighted by Gasteiger charge is 2.17. The number of thioether (sulfide) groups is 1. The van der Waals surface area contributed by atoms with Gasteiger partial charge in [-0.3, -0.25) is 4.79 Å². The lowest BCUT2D eigenvalue weighted by Gasteiger charge is -1.99. The summed E-state index contributed by atoms with van der Waals surface area (Å²) in [5.41, 5.74) is 5.77. The first-order valence-electron chi connectivity index (χ1n) is 3.13. The fourth-order valence-electron chi connectivity index (χ4n) is 0.632. The number of hydrogen-bond acceptors (Lipinski definition) is 5. The molecule has 1 aromatic rings. The largest absolute Gasteiger partial charge is 0.480 e. The van der Waals surface area contributed by atoms with E-state index in [0.717, 1.165) is 4.34 Å². The van der Waals surface area contributed by atoms with Gasteiger partial charge in [0.2, 0.25) is 0 Å². The minimum atomic E-state index is -1.05. The van der Waals surface area contributed by atoms with Gasteiger partial charge in [0.1, 0.15) is 10.4 Å². The van der Waals surface area contributed by atoms with E-state index in [0.29, 0.717) is 5.69 Å². The molecule has 0 saturated heterocycles. The van der Waals surface area contributed by atoms with Crippen LogP contribution in [-0.2, 0) is 4.79 Å². The number of aromatic nitrogens is 1. The third-order valence-electron chi connectivity index (χ3n) is 1.26. The molecule has 0 radical (unpaired) electrons. The summed E-state index contributed by atoms with van der Waals surface area (Å²) in [7, 11) is 0. The number of rotatable bonds is 3. The van der Waals surface area contributed by atoms with Crippen LogP contribution in [0.25, 0.3) is 0 Å². The van der Waals surface area contributed by atoms with Gasteiger partial charge in [-0.1, -0.05) is 11.8 Å². The van der Waals surface area contributed by atoms with E-state index in [1.807, 2.05) is 6.26 Å². The SMILES string of the molecule is CSc1nc(C(N)C(=O)O)cs1. The van der Waals surface area contributed by atoms with Gasteiger partial charge in [0, 0.05) is 5.38 Å². The van der Waals surface area contributed by atoms with Crippen molar-refractivity contribution in [2.24, 2.45) is 5.73 Å². The summed E-state index contributed by atoms with van der Waals surface area (Å²) in [6.45, 7) is 0. The Kier molecular flexibility index (Phi) is 3.07. The lowest BCUT2D eigenvalue weighted by atomic mass is 10.2.